The van der Waals surface area contributed by atoms with Crippen molar-refractivity contribution >= 4 is 33.0 Å². The van der Waals surface area contributed by atoms with Gasteiger partial charge in [-0.3, -0.25) is 14.5 Å². The Hall–Kier alpha value is -2.61. The Morgan fingerprint density at radius 2 is 2.00 bits per heavy atom. The summed E-state index contributed by atoms with van der Waals surface area (Å²) in [6.45, 7) is 3.67. The van der Waals surface area contributed by atoms with Gasteiger partial charge < -0.3 is 9.73 Å². The molecule has 2 heterocycles. The Labute approximate surface area is 145 Å². The minimum atomic E-state index is -3.44. The molecular formula is C17H18N2O5S. The number of nitrogens with zero attached hydrogens (tertiary/aromatic N) is 1. The van der Waals surface area contributed by atoms with Crippen molar-refractivity contribution in [2.24, 2.45) is 5.92 Å². The van der Waals surface area contributed by atoms with Crippen molar-refractivity contribution in [1.29, 1.82) is 0 Å². The third-order valence-electron chi connectivity index (χ3n) is 4.04. The van der Waals surface area contributed by atoms with Crippen LogP contribution in [-0.4, -0.2) is 32.5 Å². The molecule has 0 spiro atoms. The van der Waals surface area contributed by atoms with Crippen LogP contribution in [0.4, 0.5) is 11.4 Å². The zero-order chi connectivity index (χ0) is 18.4. The minimum absolute atomic E-state index is 0.0694. The van der Waals surface area contributed by atoms with E-state index in [0.29, 0.717) is 5.69 Å². The Bertz CT molecular complexity index is 932. The van der Waals surface area contributed by atoms with Gasteiger partial charge in [-0.1, -0.05) is 13.8 Å². The number of anilines is 2. The third-order valence-corrected chi connectivity index (χ3v) is 5.15. The van der Waals surface area contributed by atoms with Crippen molar-refractivity contribution in [2.45, 2.75) is 24.8 Å². The highest BCUT2D eigenvalue weighted by Crippen LogP contribution is 2.37. The number of carbonyl (C=O) groups is 2. The first-order valence-electron chi connectivity index (χ1n) is 7.72. The van der Waals surface area contributed by atoms with Crippen LogP contribution in [-0.2, 0) is 14.6 Å². The number of amides is 2. The van der Waals surface area contributed by atoms with Crippen LogP contribution in [0.3, 0.4) is 0 Å². The van der Waals surface area contributed by atoms with Crippen LogP contribution < -0.4 is 10.2 Å². The van der Waals surface area contributed by atoms with E-state index >= 15 is 0 Å². The summed E-state index contributed by atoms with van der Waals surface area (Å²) in [5, 5.41) is 2.71. The summed E-state index contributed by atoms with van der Waals surface area (Å²) in [5.41, 5.74) is 0.719. The molecule has 25 heavy (non-hydrogen) atoms. The summed E-state index contributed by atoms with van der Waals surface area (Å²) < 4.78 is 28.7. The highest BCUT2D eigenvalue weighted by Gasteiger charge is 2.40. The maximum Gasteiger partial charge on any atom is 0.294 e. The van der Waals surface area contributed by atoms with Crippen molar-refractivity contribution in [3.8, 4) is 0 Å². The number of benzene rings is 1. The molecule has 1 aromatic heterocycles. The monoisotopic (exact) mass is 362 g/mol. The average molecular weight is 362 g/mol. The maximum atomic E-state index is 12.9. The number of rotatable bonds is 3. The molecule has 132 valence electrons. The molecule has 3 rings (SSSR count). The quantitative estimate of drug-likeness (QED) is 0.904. The number of sulfone groups is 1. The van der Waals surface area contributed by atoms with Crippen LogP contribution in [0.5, 0.6) is 0 Å². The molecule has 2 aromatic rings. The number of fused-ring (bicyclic) bond motifs is 1. The van der Waals surface area contributed by atoms with Crippen LogP contribution in [0.15, 0.2) is 45.9 Å². The zero-order valence-corrected chi connectivity index (χ0v) is 14.8. The summed E-state index contributed by atoms with van der Waals surface area (Å²) in [6.07, 6.45) is 2.47. The number of nitrogens with one attached hydrogen (secondary N) is 1. The zero-order valence-electron chi connectivity index (χ0n) is 14.0. The third kappa shape index (κ3) is 3.05. The van der Waals surface area contributed by atoms with Gasteiger partial charge in [-0.05, 0) is 36.2 Å². The van der Waals surface area contributed by atoms with Crippen LogP contribution >= 0.6 is 0 Å². The molecule has 1 aliphatic rings. The molecule has 1 atom stereocenters. The van der Waals surface area contributed by atoms with E-state index in [1.165, 1.54) is 35.4 Å². The molecule has 1 N–H and O–H groups in total. The van der Waals surface area contributed by atoms with E-state index in [9.17, 15) is 18.0 Å². The van der Waals surface area contributed by atoms with Gasteiger partial charge in [-0.2, -0.15) is 0 Å². The second kappa shape index (κ2) is 6.03. The Balaban J connectivity index is 2.16. The second-order valence-corrected chi connectivity index (χ2v) is 8.30. The fourth-order valence-corrected chi connectivity index (χ4v) is 3.53. The standard InChI is InChI=1S/C17H18N2O5S/c1-10(2)15-16(20)18-12-9-11(25(3,22)23)6-7-13(12)19(15)17(21)14-5-4-8-24-14/h4-10,15H,1-3H3,(H,18,20). The molecule has 1 unspecified atom stereocenters. The van der Waals surface area contributed by atoms with Gasteiger partial charge in [-0.15, -0.1) is 0 Å². The molecular weight excluding hydrogens is 344 g/mol. The summed E-state index contributed by atoms with van der Waals surface area (Å²) in [7, 11) is -3.44. The molecule has 0 fully saturated rings. The number of furan rings is 1. The Morgan fingerprint density at radius 3 is 2.56 bits per heavy atom. The van der Waals surface area contributed by atoms with E-state index in [-0.39, 0.29) is 28.2 Å². The number of carbonyl (C=O) groups excluding carboxylic acids is 2. The van der Waals surface area contributed by atoms with Gasteiger partial charge in [0.1, 0.15) is 6.04 Å². The van der Waals surface area contributed by atoms with Crippen LogP contribution in [0.2, 0.25) is 0 Å². The van der Waals surface area contributed by atoms with E-state index in [4.69, 9.17) is 4.42 Å². The van der Waals surface area contributed by atoms with E-state index in [0.717, 1.165) is 6.26 Å². The van der Waals surface area contributed by atoms with Crippen LogP contribution in [0, 0.1) is 5.92 Å². The molecule has 8 heteroatoms. The lowest BCUT2D eigenvalue weighted by Crippen LogP contribution is -2.53. The lowest BCUT2D eigenvalue weighted by atomic mass is 9.97. The first kappa shape index (κ1) is 17.2. The summed E-state index contributed by atoms with van der Waals surface area (Å²) in [6, 6.07) is 6.70. The van der Waals surface area contributed by atoms with Gasteiger partial charge in [-0.25, -0.2) is 8.42 Å². The molecule has 0 bridgehead atoms. The highest BCUT2D eigenvalue weighted by molar-refractivity contribution is 7.90. The van der Waals surface area contributed by atoms with Crippen molar-refractivity contribution in [1.82, 2.24) is 0 Å². The fraction of sp³-hybridized carbons (Fsp3) is 0.294. The average Bonchev–Trinajstić information content (AvgIpc) is 3.05. The SMILES string of the molecule is CC(C)C1C(=O)Nc2cc(S(C)(=O)=O)ccc2N1C(=O)c1ccco1. The normalized spacial score (nSPS) is 17.4. The molecule has 1 aliphatic heterocycles. The number of hydrogen-bond acceptors (Lipinski definition) is 5. The predicted octanol–water partition coefficient (Wildman–Crippen LogP) is 2.31. The lowest BCUT2D eigenvalue weighted by Gasteiger charge is -2.38. The number of hydrogen-bond donors (Lipinski definition) is 1. The van der Waals surface area contributed by atoms with Crippen molar-refractivity contribution in [2.75, 3.05) is 16.5 Å². The Kier molecular flexibility index (Phi) is 4.16. The van der Waals surface area contributed by atoms with E-state index in [2.05, 4.69) is 5.32 Å². The van der Waals surface area contributed by atoms with Gasteiger partial charge in [0.05, 0.1) is 22.5 Å². The van der Waals surface area contributed by atoms with Gasteiger partial charge in [0, 0.05) is 6.26 Å². The van der Waals surface area contributed by atoms with Crippen molar-refractivity contribution in [3.63, 3.8) is 0 Å². The van der Waals surface area contributed by atoms with E-state index in [1.807, 2.05) is 13.8 Å². The largest absolute Gasteiger partial charge is 0.459 e. The van der Waals surface area contributed by atoms with Crippen molar-refractivity contribution < 1.29 is 22.4 Å². The maximum absolute atomic E-state index is 12.9. The second-order valence-electron chi connectivity index (χ2n) is 6.28. The smallest absolute Gasteiger partial charge is 0.294 e. The summed E-state index contributed by atoms with van der Waals surface area (Å²) >= 11 is 0. The lowest BCUT2D eigenvalue weighted by molar-refractivity contribution is -0.118. The summed E-state index contributed by atoms with van der Waals surface area (Å²) in [4.78, 5) is 26.9. The molecule has 0 radical (unpaired) electrons. The predicted molar refractivity (Wildman–Crippen MR) is 92.3 cm³/mol. The van der Waals surface area contributed by atoms with E-state index < -0.39 is 21.8 Å². The Morgan fingerprint density at radius 1 is 1.28 bits per heavy atom. The first-order valence-corrected chi connectivity index (χ1v) is 9.61. The molecule has 2 amide bonds. The van der Waals surface area contributed by atoms with Gasteiger partial charge in [0.15, 0.2) is 15.6 Å². The summed E-state index contributed by atoms with van der Waals surface area (Å²) in [5.74, 6) is -0.861. The van der Waals surface area contributed by atoms with Gasteiger partial charge in [0.25, 0.3) is 5.91 Å². The molecule has 1 aromatic carbocycles. The minimum Gasteiger partial charge on any atom is -0.459 e. The first-order chi connectivity index (χ1) is 11.7. The van der Waals surface area contributed by atoms with E-state index in [1.54, 1.807) is 6.07 Å². The topological polar surface area (TPSA) is 96.7 Å². The molecule has 7 nitrogen and oxygen atoms in total. The molecule has 0 saturated carbocycles. The molecule has 0 aliphatic carbocycles. The van der Waals surface area contributed by atoms with Gasteiger partial charge >= 0.3 is 0 Å². The van der Waals surface area contributed by atoms with Crippen molar-refractivity contribution in [3.05, 3.63) is 42.4 Å². The van der Waals surface area contributed by atoms with Crippen LogP contribution in [0.25, 0.3) is 0 Å². The fourth-order valence-electron chi connectivity index (χ4n) is 2.89. The van der Waals surface area contributed by atoms with Gasteiger partial charge in [0.2, 0.25) is 5.91 Å². The molecule has 0 saturated heterocycles. The van der Waals surface area contributed by atoms with Crippen LogP contribution in [0.1, 0.15) is 24.4 Å². The highest BCUT2D eigenvalue weighted by atomic mass is 32.2.